The van der Waals surface area contributed by atoms with Gasteiger partial charge in [0.05, 0.1) is 12.7 Å². The maximum absolute atomic E-state index is 11.7. The lowest BCUT2D eigenvalue weighted by molar-refractivity contribution is 0.0600. The van der Waals surface area contributed by atoms with Gasteiger partial charge in [-0.3, -0.25) is 9.89 Å². The number of nitrogens with zero attached hydrogens (tertiary/aromatic N) is 2. The molecule has 19 heavy (non-hydrogen) atoms. The Hall–Kier alpha value is -2.90. The van der Waals surface area contributed by atoms with E-state index in [1.807, 2.05) is 0 Å². The van der Waals surface area contributed by atoms with Crippen LogP contribution in [0.3, 0.4) is 0 Å². The Labute approximate surface area is 108 Å². The van der Waals surface area contributed by atoms with E-state index in [0.717, 1.165) is 0 Å². The van der Waals surface area contributed by atoms with Gasteiger partial charge in [-0.1, -0.05) is 0 Å². The average molecular weight is 261 g/mol. The van der Waals surface area contributed by atoms with Crippen molar-refractivity contribution in [1.29, 1.82) is 0 Å². The van der Waals surface area contributed by atoms with Crippen molar-refractivity contribution in [3.8, 4) is 0 Å². The van der Waals surface area contributed by atoms with Crippen LogP contribution in [0.5, 0.6) is 0 Å². The van der Waals surface area contributed by atoms with Gasteiger partial charge in [0.2, 0.25) is 11.8 Å². The predicted octanol–water partition coefficient (Wildman–Crippen LogP) is 0.426. The molecule has 2 rings (SSSR count). The van der Waals surface area contributed by atoms with Crippen molar-refractivity contribution in [3.05, 3.63) is 35.7 Å². The van der Waals surface area contributed by atoms with Crippen LogP contribution in [0.2, 0.25) is 0 Å². The minimum absolute atomic E-state index is 0.00816. The molecule has 4 N–H and O–H groups in total. The summed E-state index contributed by atoms with van der Waals surface area (Å²) in [6.45, 7) is 0. The third kappa shape index (κ3) is 2.86. The summed E-state index contributed by atoms with van der Waals surface area (Å²) in [5.74, 6) is -0.920. The molecule has 1 heterocycles. The number of rotatable bonds is 3. The highest BCUT2D eigenvalue weighted by atomic mass is 16.5. The van der Waals surface area contributed by atoms with Gasteiger partial charge >= 0.3 is 5.97 Å². The van der Waals surface area contributed by atoms with Crippen molar-refractivity contribution in [2.24, 2.45) is 0 Å². The van der Waals surface area contributed by atoms with Gasteiger partial charge in [0.25, 0.3) is 5.91 Å². The summed E-state index contributed by atoms with van der Waals surface area (Å²) in [6.07, 6.45) is 0. The van der Waals surface area contributed by atoms with Crippen molar-refractivity contribution in [1.82, 2.24) is 15.2 Å². The number of aromatic nitrogens is 3. The fraction of sp³-hybridized carbons (Fsp3) is 0.0909. The van der Waals surface area contributed by atoms with Crippen molar-refractivity contribution < 1.29 is 14.3 Å². The molecule has 0 atom stereocenters. The van der Waals surface area contributed by atoms with Gasteiger partial charge < -0.3 is 15.8 Å². The van der Waals surface area contributed by atoms with Crippen molar-refractivity contribution in [2.45, 2.75) is 0 Å². The first kappa shape index (κ1) is 12.6. The first-order chi connectivity index (χ1) is 9.10. The number of nitrogens with two attached hydrogens (primary N) is 1. The summed E-state index contributed by atoms with van der Waals surface area (Å²) < 4.78 is 4.57. The molecule has 0 saturated carbocycles. The number of nitrogen functional groups attached to an aromatic ring is 1. The number of methoxy groups -OCH3 is 1. The predicted molar refractivity (Wildman–Crippen MR) is 66.5 cm³/mol. The fourth-order valence-corrected chi connectivity index (χ4v) is 1.37. The highest BCUT2D eigenvalue weighted by Crippen LogP contribution is 2.11. The number of anilines is 2. The van der Waals surface area contributed by atoms with E-state index in [0.29, 0.717) is 11.3 Å². The van der Waals surface area contributed by atoms with E-state index in [1.54, 1.807) is 12.1 Å². The molecule has 0 unspecified atom stereocenters. The van der Waals surface area contributed by atoms with E-state index in [4.69, 9.17) is 5.73 Å². The second-order valence-corrected chi connectivity index (χ2v) is 3.57. The normalized spacial score (nSPS) is 9.95. The molecule has 0 bridgehead atoms. The van der Waals surface area contributed by atoms with Gasteiger partial charge in [0.15, 0.2) is 0 Å². The summed E-state index contributed by atoms with van der Waals surface area (Å²) in [4.78, 5) is 26.6. The first-order valence-corrected chi connectivity index (χ1v) is 5.28. The topological polar surface area (TPSA) is 123 Å². The Morgan fingerprint density at radius 3 is 2.53 bits per heavy atom. The number of H-pyrrole nitrogens is 1. The SMILES string of the molecule is COC(=O)c1ccc(NC(=O)c2nc(N)n[nH]2)cc1. The molecule has 0 aliphatic heterocycles. The quantitative estimate of drug-likeness (QED) is 0.688. The van der Waals surface area contributed by atoms with Crippen molar-refractivity contribution >= 4 is 23.5 Å². The number of benzene rings is 1. The number of esters is 1. The number of hydrogen-bond acceptors (Lipinski definition) is 6. The Morgan fingerprint density at radius 2 is 2.00 bits per heavy atom. The lowest BCUT2D eigenvalue weighted by Crippen LogP contribution is -2.14. The molecule has 8 heteroatoms. The Kier molecular flexibility index (Phi) is 3.42. The molecule has 2 aromatic rings. The van der Waals surface area contributed by atoms with Gasteiger partial charge in [-0.2, -0.15) is 4.98 Å². The van der Waals surface area contributed by atoms with Crippen LogP contribution in [0.25, 0.3) is 0 Å². The molecule has 1 amide bonds. The molecule has 98 valence electrons. The van der Waals surface area contributed by atoms with Crippen LogP contribution >= 0.6 is 0 Å². The third-order valence-corrected chi connectivity index (χ3v) is 2.28. The number of hydrogen-bond donors (Lipinski definition) is 3. The molecular weight excluding hydrogens is 250 g/mol. The minimum atomic E-state index is -0.477. The van der Waals surface area contributed by atoms with E-state index in [-0.39, 0.29) is 11.8 Å². The monoisotopic (exact) mass is 261 g/mol. The summed E-state index contributed by atoms with van der Waals surface area (Å²) in [6, 6.07) is 6.22. The van der Waals surface area contributed by atoms with Gasteiger partial charge in [0.1, 0.15) is 0 Å². The summed E-state index contributed by atoms with van der Waals surface area (Å²) in [5.41, 5.74) is 6.19. The highest BCUT2D eigenvalue weighted by Gasteiger charge is 2.11. The smallest absolute Gasteiger partial charge is 0.337 e. The molecule has 0 fully saturated rings. The average Bonchev–Trinajstić information content (AvgIpc) is 2.85. The Balaban J connectivity index is 2.07. The summed E-state index contributed by atoms with van der Waals surface area (Å²) in [5, 5.41) is 8.51. The zero-order chi connectivity index (χ0) is 13.8. The van der Waals surface area contributed by atoms with Gasteiger partial charge in [-0.25, -0.2) is 4.79 Å². The molecular formula is C11H11N5O3. The molecule has 1 aromatic carbocycles. The lowest BCUT2D eigenvalue weighted by atomic mass is 10.2. The van der Waals surface area contributed by atoms with Crippen LogP contribution in [-0.2, 0) is 4.74 Å². The van der Waals surface area contributed by atoms with Crippen LogP contribution < -0.4 is 11.1 Å². The second kappa shape index (κ2) is 5.17. The van der Waals surface area contributed by atoms with Crippen LogP contribution in [-0.4, -0.2) is 34.2 Å². The number of ether oxygens (including phenoxy) is 1. The largest absolute Gasteiger partial charge is 0.465 e. The van der Waals surface area contributed by atoms with E-state index in [9.17, 15) is 9.59 Å². The Bertz CT molecular complexity index is 605. The standard InChI is InChI=1S/C11H11N5O3/c1-19-10(18)6-2-4-7(5-3-6)13-9(17)8-14-11(12)16-15-8/h2-5H,1H3,(H,13,17)(H3,12,14,15,16). The van der Waals surface area contributed by atoms with E-state index < -0.39 is 11.9 Å². The molecule has 0 aliphatic carbocycles. The maximum Gasteiger partial charge on any atom is 0.337 e. The molecule has 0 radical (unpaired) electrons. The zero-order valence-corrected chi connectivity index (χ0v) is 10.0. The van der Waals surface area contributed by atoms with Crippen molar-refractivity contribution in [3.63, 3.8) is 0 Å². The van der Waals surface area contributed by atoms with Gasteiger partial charge in [-0.05, 0) is 24.3 Å². The van der Waals surface area contributed by atoms with Crippen molar-refractivity contribution in [2.75, 3.05) is 18.2 Å². The number of amides is 1. The Morgan fingerprint density at radius 1 is 1.32 bits per heavy atom. The molecule has 0 spiro atoms. The van der Waals surface area contributed by atoms with E-state index in [1.165, 1.54) is 19.2 Å². The zero-order valence-electron chi connectivity index (χ0n) is 10.0. The van der Waals surface area contributed by atoms with Crippen LogP contribution in [0.4, 0.5) is 11.6 Å². The third-order valence-electron chi connectivity index (χ3n) is 2.28. The highest BCUT2D eigenvalue weighted by molar-refractivity contribution is 6.01. The van der Waals surface area contributed by atoms with Gasteiger partial charge in [0, 0.05) is 5.69 Å². The maximum atomic E-state index is 11.7. The molecule has 8 nitrogen and oxygen atoms in total. The lowest BCUT2D eigenvalue weighted by Gasteiger charge is -2.04. The number of carbonyl (C=O) groups excluding carboxylic acids is 2. The summed E-state index contributed by atoms with van der Waals surface area (Å²) >= 11 is 0. The van der Waals surface area contributed by atoms with E-state index >= 15 is 0 Å². The number of nitrogens with one attached hydrogen (secondary N) is 2. The molecule has 0 saturated heterocycles. The fourth-order valence-electron chi connectivity index (χ4n) is 1.37. The van der Waals surface area contributed by atoms with Crippen LogP contribution in [0, 0.1) is 0 Å². The second-order valence-electron chi connectivity index (χ2n) is 3.57. The van der Waals surface area contributed by atoms with Gasteiger partial charge in [-0.15, -0.1) is 5.10 Å². The van der Waals surface area contributed by atoms with Crippen LogP contribution in [0.1, 0.15) is 21.0 Å². The first-order valence-electron chi connectivity index (χ1n) is 5.28. The van der Waals surface area contributed by atoms with Crippen LogP contribution in [0.15, 0.2) is 24.3 Å². The molecule has 0 aliphatic rings. The summed E-state index contributed by atoms with van der Waals surface area (Å²) in [7, 11) is 1.30. The minimum Gasteiger partial charge on any atom is -0.465 e. The van der Waals surface area contributed by atoms with E-state index in [2.05, 4.69) is 25.2 Å². The number of aromatic amines is 1. The molecule has 1 aromatic heterocycles. The number of carbonyl (C=O) groups is 2.